The van der Waals surface area contributed by atoms with Crippen LogP contribution in [0.15, 0.2) is 46.5 Å². The van der Waals surface area contributed by atoms with Crippen molar-refractivity contribution in [3.63, 3.8) is 0 Å². The molecule has 10 heteroatoms. The minimum atomic E-state index is -3.53. The highest BCUT2D eigenvalue weighted by molar-refractivity contribution is 5.92. The minimum absolute atomic E-state index is 0.0278. The van der Waals surface area contributed by atoms with Crippen molar-refractivity contribution >= 4 is 5.91 Å². The Bertz CT molecular complexity index is 990. The summed E-state index contributed by atoms with van der Waals surface area (Å²) in [5, 5.41) is 10.1. The topological polar surface area (TPSA) is 74.9 Å². The van der Waals surface area contributed by atoms with Crippen molar-refractivity contribution in [1.29, 1.82) is 0 Å². The maximum Gasteiger partial charge on any atom is 0.311 e. The number of halogens is 4. The lowest BCUT2D eigenvalue weighted by Crippen LogP contribution is -2.56. The first-order chi connectivity index (χ1) is 14.5. The van der Waals surface area contributed by atoms with Crippen molar-refractivity contribution in [2.75, 3.05) is 0 Å². The zero-order valence-corrected chi connectivity index (χ0v) is 17.0. The molecule has 168 valence electrons. The number of benzene rings is 1. The Morgan fingerprint density at radius 3 is 2.55 bits per heavy atom. The van der Waals surface area contributed by atoms with Crippen LogP contribution in [0, 0.1) is 6.92 Å². The Kier molecular flexibility index (Phi) is 6.30. The van der Waals surface area contributed by atoms with Crippen molar-refractivity contribution < 1.29 is 36.6 Å². The quantitative estimate of drug-likeness (QED) is 0.624. The molecule has 0 aliphatic carbocycles. The molecule has 6 nitrogen and oxygen atoms in total. The average molecular weight is 442 g/mol. The first kappa shape index (κ1) is 22.7. The Morgan fingerprint density at radius 2 is 1.94 bits per heavy atom. The molecule has 31 heavy (non-hydrogen) atoms. The molecule has 0 saturated carbocycles. The van der Waals surface area contributed by atoms with Gasteiger partial charge >= 0.3 is 5.91 Å². The molecular weight excluding hydrogens is 420 g/mol. The Labute approximate surface area is 176 Å². The predicted octanol–water partition coefficient (Wildman–Crippen LogP) is 4.35. The SMILES string of the molecule is Cc1ccc(C(C)C)c(OCc2ccc(C(=O)N3NC(C(F)F)=CC3(O)C(F)F)o2)c1. The lowest BCUT2D eigenvalue weighted by molar-refractivity contribution is -0.147. The molecule has 1 atom stereocenters. The highest BCUT2D eigenvalue weighted by Crippen LogP contribution is 2.32. The van der Waals surface area contributed by atoms with Crippen LogP contribution < -0.4 is 10.2 Å². The summed E-state index contributed by atoms with van der Waals surface area (Å²) in [6.07, 6.45) is -6.50. The van der Waals surface area contributed by atoms with E-state index in [1.807, 2.05) is 44.4 Å². The van der Waals surface area contributed by atoms with Crippen LogP contribution >= 0.6 is 0 Å². The lowest BCUT2D eigenvalue weighted by Gasteiger charge is -2.30. The van der Waals surface area contributed by atoms with Crippen molar-refractivity contribution in [2.45, 2.75) is 51.9 Å². The van der Waals surface area contributed by atoms with Gasteiger partial charge in [0.2, 0.25) is 5.72 Å². The van der Waals surface area contributed by atoms with Crippen LogP contribution in [-0.4, -0.2) is 34.6 Å². The number of aryl methyl sites for hydroxylation is 1. The number of nitrogens with zero attached hydrogens (tertiary/aromatic N) is 1. The molecule has 0 bridgehead atoms. The van der Waals surface area contributed by atoms with Gasteiger partial charge in [0.25, 0.3) is 12.9 Å². The molecule has 1 unspecified atom stereocenters. The van der Waals surface area contributed by atoms with Gasteiger partial charge in [-0.2, -0.15) is 0 Å². The van der Waals surface area contributed by atoms with Crippen LogP contribution in [0.3, 0.4) is 0 Å². The Morgan fingerprint density at radius 1 is 1.23 bits per heavy atom. The maximum absolute atomic E-state index is 13.3. The van der Waals surface area contributed by atoms with E-state index >= 15 is 0 Å². The van der Waals surface area contributed by atoms with Crippen molar-refractivity contribution in [2.24, 2.45) is 0 Å². The number of allylic oxidation sites excluding steroid dienone is 1. The lowest BCUT2D eigenvalue weighted by atomic mass is 10.0. The fourth-order valence-corrected chi connectivity index (χ4v) is 3.10. The summed E-state index contributed by atoms with van der Waals surface area (Å²) in [5.74, 6) is -0.615. The molecule has 2 N–H and O–H groups in total. The maximum atomic E-state index is 13.3. The van der Waals surface area contributed by atoms with E-state index < -0.39 is 35.9 Å². The minimum Gasteiger partial charge on any atom is -0.485 e. The number of aliphatic hydroxyl groups is 1. The van der Waals surface area contributed by atoms with Gasteiger partial charge in [-0.3, -0.25) is 10.2 Å². The van der Waals surface area contributed by atoms with Crippen LogP contribution in [0.4, 0.5) is 17.6 Å². The highest BCUT2D eigenvalue weighted by atomic mass is 19.3. The fraction of sp³-hybridized carbons (Fsp3) is 0.381. The number of rotatable bonds is 7. The standard InChI is InChI=1S/C21H22F4N2O4/c1-11(2)14-6-4-12(3)8-17(14)30-10-13-5-7-16(31-13)19(28)27-21(29,20(24)25)9-15(26-27)18(22)23/h4-9,11,18,20,26,29H,10H2,1-3H3. The molecule has 1 aromatic heterocycles. The van der Waals surface area contributed by atoms with Crippen molar-refractivity contribution in [1.82, 2.24) is 10.4 Å². The molecule has 1 aliphatic rings. The van der Waals surface area contributed by atoms with Crippen LogP contribution in [0.5, 0.6) is 5.75 Å². The number of hydrazine groups is 1. The summed E-state index contributed by atoms with van der Waals surface area (Å²) in [6.45, 7) is 5.88. The van der Waals surface area contributed by atoms with E-state index in [2.05, 4.69) is 0 Å². The first-order valence-corrected chi connectivity index (χ1v) is 9.47. The number of carbonyl (C=O) groups is 1. The number of furan rings is 1. The predicted molar refractivity (Wildman–Crippen MR) is 103 cm³/mol. The van der Waals surface area contributed by atoms with E-state index in [1.54, 1.807) is 0 Å². The number of nitrogens with one attached hydrogen (secondary N) is 1. The second-order valence-corrected chi connectivity index (χ2v) is 7.49. The molecule has 0 fully saturated rings. The first-order valence-electron chi connectivity index (χ1n) is 9.47. The Hall–Kier alpha value is -3.01. The van der Waals surface area contributed by atoms with E-state index in [9.17, 15) is 27.5 Å². The normalized spacial score (nSPS) is 18.7. The number of alkyl halides is 4. The molecular formula is C21H22F4N2O4. The molecule has 0 saturated heterocycles. The van der Waals surface area contributed by atoms with Crippen molar-refractivity contribution in [3.05, 3.63) is 64.8 Å². The smallest absolute Gasteiger partial charge is 0.311 e. The van der Waals surface area contributed by atoms with E-state index in [4.69, 9.17) is 9.15 Å². The number of hydrogen-bond acceptors (Lipinski definition) is 5. The summed E-state index contributed by atoms with van der Waals surface area (Å²) in [6, 6.07) is 8.36. The second kappa shape index (κ2) is 8.62. The zero-order chi connectivity index (χ0) is 22.9. The highest BCUT2D eigenvalue weighted by Gasteiger charge is 2.51. The molecule has 0 spiro atoms. The van der Waals surface area contributed by atoms with Crippen LogP contribution in [0.1, 0.15) is 47.2 Å². The monoisotopic (exact) mass is 442 g/mol. The number of hydrogen-bond donors (Lipinski definition) is 2. The summed E-state index contributed by atoms with van der Waals surface area (Å²) in [5.41, 5.74) is -0.452. The van der Waals surface area contributed by atoms with E-state index in [0.717, 1.165) is 11.1 Å². The number of carbonyl (C=O) groups excluding carboxylic acids is 1. The third kappa shape index (κ3) is 4.53. The third-order valence-electron chi connectivity index (χ3n) is 4.76. The third-order valence-corrected chi connectivity index (χ3v) is 4.76. The second-order valence-electron chi connectivity index (χ2n) is 7.49. The van der Waals surface area contributed by atoms with E-state index in [-0.39, 0.29) is 29.4 Å². The number of ether oxygens (including phenoxy) is 1. The zero-order valence-electron chi connectivity index (χ0n) is 17.0. The van der Waals surface area contributed by atoms with Gasteiger partial charge in [0, 0.05) is 6.08 Å². The Balaban J connectivity index is 1.76. The number of amides is 1. The van der Waals surface area contributed by atoms with Gasteiger partial charge in [-0.1, -0.05) is 26.0 Å². The van der Waals surface area contributed by atoms with Crippen LogP contribution in [-0.2, 0) is 6.61 Å². The van der Waals surface area contributed by atoms with Gasteiger partial charge in [0.15, 0.2) is 5.76 Å². The van der Waals surface area contributed by atoms with E-state index in [1.165, 1.54) is 12.1 Å². The van der Waals surface area contributed by atoms with Crippen LogP contribution in [0.25, 0.3) is 0 Å². The van der Waals surface area contributed by atoms with Gasteiger partial charge in [0.05, 0.1) is 5.70 Å². The van der Waals surface area contributed by atoms with Gasteiger partial charge in [0.1, 0.15) is 18.1 Å². The molecule has 1 amide bonds. The molecule has 1 aromatic carbocycles. The van der Waals surface area contributed by atoms with Crippen molar-refractivity contribution in [3.8, 4) is 5.75 Å². The van der Waals surface area contributed by atoms with Gasteiger partial charge in [-0.25, -0.2) is 22.6 Å². The fourth-order valence-electron chi connectivity index (χ4n) is 3.10. The van der Waals surface area contributed by atoms with Crippen LogP contribution in [0.2, 0.25) is 0 Å². The van der Waals surface area contributed by atoms with Gasteiger partial charge in [-0.05, 0) is 42.2 Å². The summed E-state index contributed by atoms with van der Waals surface area (Å²) < 4.78 is 63.6. The molecule has 0 radical (unpaired) electrons. The van der Waals surface area contributed by atoms with E-state index in [0.29, 0.717) is 5.75 Å². The molecule has 3 rings (SSSR count). The molecule has 2 heterocycles. The van der Waals surface area contributed by atoms with Gasteiger partial charge < -0.3 is 14.3 Å². The summed E-state index contributed by atoms with van der Waals surface area (Å²) >= 11 is 0. The largest absolute Gasteiger partial charge is 0.485 e. The average Bonchev–Trinajstić information content (AvgIpc) is 3.31. The molecule has 1 aliphatic heterocycles. The summed E-state index contributed by atoms with van der Waals surface area (Å²) in [7, 11) is 0. The van der Waals surface area contributed by atoms with Gasteiger partial charge in [-0.15, -0.1) is 0 Å². The summed E-state index contributed by atoms with van der Waals surface area (Å²) in [4.78, 5) is 12.6. The molecule has 2 aromatic rings.